The number of H-pyrrole nitrogens is 1. The van der Waals surface area contributed by atoms with E-state index in [9.17, 15) is 40.7 Å². The van der Waals surface area contributed by atoms with E-state index in [2.05, 4.69) is 21.0 Å². The minimum absolute atomic E-state index is 0.00810. The molecule has 8 nitrogen and oxygen atoms in total. The number of benzene rings is 2. The van der Waals surface area contributed by atoms with E-state index in [0.29, 0.717) is 0 Å². The molecule has 1 aromatic heterocycles. The number of halogens is 8. The second kappa shape index (κ2) is 17.5. The Bertz CT molecular complexity index is 1620. The number of esters is 2. The van der Waals surface area contributed by atoms with Gasteiger partial charge in [-0.25, -0.2) is 9.59 Å². The lowest BCUT2D eigenvalue weighted by molar-refractivity contribution is -0.146. The van der Waals surface area contributed by atoms with Gasteiger partial charge in [-0.1, -0.05) is 35.9 Å². The number of aromatic nitrogens is 1. The number of carbonyl (C=O) groups is 2. The molecule has 0 spiro atoms. The van der Waals surface area contributed by atoms with E-state index in [4.69, 9.17) is 33.7 Å². The van der Waals surface area contributed by atoms with Gasteiger partial charge in [-0.3, -0.25) is 4.79 Å². The fourth-order valence-electron chi connectivity index (χ4n) is 3.45. The number of rotatable bonds is 7. The summed E-state index contributed by atoms with van der Waals surface area (Å²) in [4.78, 5) is 37.2. The molecule has 3 N–H and O–H groups in total. The average Bonchev–Trinajstić information content (AvgIpc) is 2.95. The van der Waals surface area contributed by atoms with Gasteiger partial charge in [-0.2, -0.15) is 26.3 Å². The molecule has 0 aliphatic rings. The molecule has 1 heterocycles. The summed E-state index contributed by atoms with van der Waals surface area (Å²) < 4.78 is 89.6. The first-order valence-electron chi connectivity index (χ1n) is 13.2. The number of allylic oxidation sites excluding steroid dienone is 1. The maximum atomic E-state index is 13.1. The van der Waals surface area contributed by atoms with Crippen molar-refractivity contribution < 1.29 is 50.1 Å². The van der Waals surface area contributed by atoms with Crippen molar-refractivity contribution in [1.29, 1.82) is 0 Å². The van der Waals surface area contributed by atoms with Crippen molar-refractivity contribution in [3.05, 3.63) is 91.7 Å². The van der Waals surface area contributed by atoms with Crippen LogP contribution in [0.3, 0.4) is 0 Å². The fourth-order valence-corrected chi connectivity index (χ4v) is 3.78. The molecule has 3 rings (SSSR count). The van der Waals surface area contributed by atoms with Crippen LogP contribution in [-0.2, 0) is 36.2 Å². The lowest BCUT2D eigenvalue weighted by Crippen LogP contribution is -2.18. The van der Waals surface area contributed by atoms with E-state index < -0.39 is 46.2 Å². The Balaban J connectivity index is 0.000000367. The van der Waals surface area contributed by atoms with Crippen LogP contribution in [0, 0.1) is 0 Å². The summed E-state index contributed by atoms with van der Waals surface area (Å²) in [5, 5.41) is -0.361. The molecule has 0 saturated carbocycles. The Morgan fingerprint density at radius 2 is 1.41 bits per heavy atom. The first kappa shape index (κ1) is 39.9. The second-order valence-electron chi connectivity index (χ2n) is 8.61. The number of ether oxygens (including phenoxy) is 3. The molecule has 0 aliphatic heterocycles. The molecule has 0 unspecified atom stereocenters. The zero-order chi connectivity index (χ0) is 35.4. The van der Waals surface area contributed by atoms with Gasteiger partial charge in [-0.05, 0) is 58.0 Å². The number of anilines is 1. The number of hydrogen-bond donors (Lipinski definition) is 2. The fraction of sp³-hybridized carbons (Fsp3) is 0.300. The van der Waals surface area contributed by atoms with Crippen molar-refractivity contribution in [2.75, 3.05) is 25.6 Å². The SMILES string of the molecule is C=C(OCC)c1c[nH]c2c(Cl)ccc(C(F)(F)F)c2c1=O.CC=C(C(=O)OCC)C(=O)OCC.Nc1cc(C(F)(F)F)ccc1Cl. The zero-order valence-electron chi connectivity index (χ0n) is 24.9. The van der Waals surface area contributed by atoms with Crippen LogP contribution in [-0.4, -0.2) is 36.7 Å². The predicted octanol–water partition coefficient (Wildman–Crippen LogP) is 8.21. The number of hydrogen-bond acceptors (Lipinski definition) is 7. The van der Waals surface area contributed by atoms with Gasteiger partial charge in [0, 0.05) is 6.20 Å². The molecule has 0 saturated heterocycles. The number of carbonyl (C=O) groups excluding carboxylic acids is 2. The van der Waals surface area contributed by atoms with Crippen LogP contribution in [0.2, 0.25) is 10.0 Å². The topological polar surface area (TPSA) is 121 Å². The molecule has 0 atom stereocenters. The second-order valence-corrected chi connectivity index (χ2v) is 9.42. The van der Waals surface area contributed by atoms with E-state index in [-0.39, 0.29) is 58.0 Å². The summed E-state index contributed by atoms with van der Waals surface area (Å²) in [6.07, 6.45) is -6.40. The van der Waals surface area contributed by atoms with Crippen LogP contribution in [0.15, 0.2) is 59.6 Å². The highest BCUT2D eigenvalue weighted by atomic mass is 35.5. The van der Waals surface area contributed by atoms with Crippen molar-refractivity contribution in [1.82, 2.24) is 4.98 Å². The van der Waals surface area contributed by atoms with Crippen LogP contribution in [0.5, 0.6) is 0 Å². The maximum Gasteiger partial charge on any atom is 0.417 e. The molecule has 3 aromatic rings. The van der Waals surface area contributed by atoms with Crippen molar-refractivity contribution in [3.8, 4) is 0 Å². The lowest BCUT2D eigenvalue weighted by atomic mass is 10.0. The number of fused-ring (bicyclic) bond motifs is 1. The van der Waals surface area contributed by atoms with Crippen LogP contribution >= 0.6 is 23.2 Å². The summed E-state index contributed by atoms with van der Waals surface area (Å²) in [6, 6.07) is 4.70. The highest BCUT2D eigenvalue weighted by Gasteiger charge is 2.34. The number of nitrogen functional groups attached to an aromatic ring is 1. The van der Waals surface area contributed by atoms with Crippen molar-refractivity contribution in [3.63, 3.8) is 0 Å². The van der Waals surface area contributed by atoms with E-state index >= 15 is 0 Å². The number of nitrogens with one attached hydrogen (secondary N) is 1. The Labute approximate surface area is 269 Å². The summed E-state index contributed by atoms with van der Waals surface area (Å²) in [6.45, 7) is 10.9. The van der Waals surface area contributed by atoms with Crippen molar-refractivity contribution >= 4 is 57.5 Å². The molecule has 16 heteroatoms. The summed E-state index contributed by atoms with van der Waals surface area (Å²) >= 11 is 11.3. The number of alkyl halides is 6. The highest BCUT2D eigenvalue weighted by molar-refractivity contribution is 6.35. The van der Waals surface area contributed by atoms with Crippen LogP contribution in [0.4, 0.5) is 32.0 Å². The normalized spacial score (nSPS) is 10.9. The number of aromatic amines is 1. The molecule has 0 fully saturated rings. The minimum Gasteiger partial charge on any atom is -0.494 e. The van der Waals surface area contributed by atoms with Gasteiger partial charge in [0.2, 0.25) is 5.43 Å². The first-order chi connectivity index (χ1) is 21.3. The van der Waals surface area contributed by atoms with Crippen LogP contribution < -0.4 is 11.2 Å². The number of pyridine rings is 1. The third kappa shape index (κ3) is 11.0. The Morgan fingerprint density at radius 3 is 1.85 bits per heavy atom. The molecular weight excluding hydrogens is 669 g/mol. The smallest absolute Gasteiger partial charge is 0.417 e. The number of nitrogens with two attached hydrogens (primary N) is 1. The van der Waals surface area contributed by atoms with Crippen LogP contribution in [0.1, 0.15) is 44.4 Å². The minimum atomic E-state index is -4.67. The predicted molar refractivity (Wildman–Crippen MR) is 163 cm³/mol. The average molecular weight is 699 g/mol. The van der Waals surface area contributed by atoms with E-state index in [1.807, 2.05) is 0 Å². The van der Waals surface area contributed by atoms with Gasteiger partial charge in [0.25, 0.3) is 0 Å². The Morgan fingerprint density at radius 1 is 0.891 bits per heavy atom. The third-order valence-corrected chi connectivity index (χ3v) is 6.17. The lowest BCUT2D eigenvalue weighted by Gasteiger charge is -2.13. The quantitative estimate of drug-likeness (QED) is 0.0485. The Kier molecular flexibility index (Phi) is 15.2. The van der Waals surface area contributed by atoms with E-state index in [0.717, 1.165) is 30.3 Å². The largest absolute Gasteiger partial charge is 0.494 e. The van der Waals surface area contributed by atoms with Crippen molar-refractivity contribution in [2.45, 2.75) is 40.0 Å². The summed E-state index contributed by atoms with van der Waals surface area (Å²) in [5.74, 6) is -1.26. The van der Waals surface area contributed by atoms with Gasteiger partial charge >= 0.3 is 24.3 Å². The van der Waals surface area contributed by atoms with Gasteiger partial charge in [0.05, 0.1) is 63.1 Å². The molecular formula is C30H30Cl2F6N2O6. The van der Waals surface area contributed by atoms with Crippen LogP contribution in [0.25, 0.3) is 16.7 Å². The highest BCUT2D eigenvalue weighted by Crippen LogP contribution is 2.36. The molecule has 0 radical (unpaired) electrons. The maximum absolute atomic E-state index is 13.1. The summed E-state index contributed by atoms with van der Waals surface area (Å²) in [5.41, 5.74) is 2.29. The Hall–Kier alpha value is -4.17. The zero-order valence-corrected chi connectivity index (χ0v) is 26.4. The first-order valence-corrected chi connectivity index (χ1v) is 14.0. The summed E-state index contributed by atoms with van der Waals surface area (Å²) in [7, 11) is 0. The molecule has 252 valence electrons. The molecule has 46 heavy (non-hydrogen) atoms. The molecule has 2 aromatic carbocycles. The molecule has 0 aliphatic carbocycles. The van der Waals surface area contributed by atoms with Gasteiger partial charge in [-0.15, -0.1) is 0 Å². The van der Waals surface area contributed by atoms with E-state index in [1.54, 1.807) is 27.7 Å². The van der Waals surface area contributed by atoms with Gasteiger partial charge < -0.3 is 24.9 Å². The standard InChI is InChI=1S/C14H11ClF3NO2.C9H14O4.C7H5ClF3N/c1-3-21-7(2)8-6-19-12-10(15)5-4-9(14(16,17)18)11(12)13(8)20;1-4-7(8(10)12-5-2)9(11)13-6-3;8-5-2-1-4(3-6(5)12)7(9,10)11/h4-6H,2-3H2,1H3,(H,19,20);4H,5-6H2,1-3H3;1-3H,12H2. The van der Waals surface area contributed by atoms with E-state index in [1.165, 1.54) is 12.3 Å². The molecule has 0 bridgehead atoms. The van der Waals surface area contributed by atoms with Gasteiger partial charge in [0.15, 0.2) is 0 Å². The van der Waals surface area contributed by atoms with Crippen molar-refractivity contribution in [2.24, 2.45) is 0 Å². The monoisotopic (exact) mass is 698 g/mol. The van der Waals surface area contributed by atoms with Gasteiger partial charge in [0.1, 0.15) is 11.3 Å². The molecule has 0 amide bonds. The third-order valence-electron chi connectivity index (χ3n) is 5.51.